The fraction of sp³-hybridized carbons (Fsp3) is 0.647. The lowest BCUT2D eigenvalue weighted by atomic mass is 9.78. The van der Waals surface area contributed by atoms with Gasteiger partial charge in [-0.05, 0) is 36.8 Å². The van der Waals surface area contributed by atoms with Crippen LogP contribution >= 0.6 is 0 Å². The van der Waals surface area contributed by atoms with Gasteiger partial charge in [0.1, 0.15) is 0 Å². The van der Waals surface area contributed by atoms with Crippen LogP contribution in [-0.2, 0) is 6.54 Å². The first-order valence-corrected chi connectivity index (χ1v) is 8.02. The minimum absolute atomic E-state index is 0.426. The molecule has 1 fully saturated rings. The molecule has 1 aliphatic heterocycles. The Kier molecular flexibility index (Phi) is 5.59. The van der Waals surface area contributed by atoms with E-state index in [9.17, 15) is 0 Å². The molecule has 2 rings (SSSR count). The zero-order chi connectivity index (χ0) is 15.1. The summed E-state index contributed by atoms with van der Waals surface area (Å²) in [6.45, 7) is 7.62. The SMILES string of the molecule is CCCC1(C)CCCN(C(=NC)NCc2ccccn2)C1. The third-order valence-electron chi connectivity index (χ3n) is 4.30. The van der Waals surface area contributed by atoms with Gasteiger partial charge in [-0.25, -0.2) is 0 Å². The van der Waals surface area contributed by atoms with Gasteiger partial charge in [-0.1, -0.05) is 26.3 Å². The number of aliphatic imine (C=N–C) groups is 1. The molecule has 0 radical (unpaired) electrons. The molecule has 21 heavy (non-hydrogen) atoms. The number of guanidine groups is 1. The molecule has 0 spiro atoms. The predicted octanol–water partition coefficient (Wildman–Crippen LogP) is 3.06. The first-order chi connectivity index (χ1) is 10.2. The van der Waals surface area contributed by atoms with E-state index in [1.54, 1.807) is 0 Å². The summed E-state index contributed by atoms with van der Waals surface area (Å²) in [4.78, 5) is 11.2. The molecule has 1 aromatic rings. The molecule has 1 N–H and O–H groups in total. The molecule has 0 bridgehead atoms. The largest absolute Gasteiger partial charge is 0.351 e. The summed E-state index contributed by atoms with van der Waals surface area (Å²) in [5.74, 6) is 1.00. The van der Waals surface area contributed by atoms with Crippen molar-refractivity contribution in [2.45, 2.75) is 46.1 Å². The van der Waals surface area contributed by atoms with Crippen LogP contribution in [0.15, 0.2) is 29.4 Å². The Morgan fingerprint density at radius 1 is 1.48 bits per heavy atom. The maximum absolute atomic E-state index is 4.46. The highest BCUT2D eigenvalue weighted by Gasteiger charge is 2.31. The van der Waals surface area contributed by atoms with E-state index in [-0.39, 0.29) is 0 Å². The van der Waals surface area contributed by atoms with Crippen molar-refractivity contribution in [1.82, 2.24) is 15.2 Å². The summed E-state index contributed by atoms with van der Waals surface area (Å²) >= 11 is 0. The highest BCUT2D eigenvalue weighted by atomic mass is 15.3. The molecule has 0 amide bonds. The normalized spacial score (nSPS) is 23.2. The Hall–Kier alpha value is -1.58. The van der Waals surface area contributed by atoms with E-state index >= 15 is 0 Å². The zero-order valence-corrected chi connectivity index (χ0v) is 13.6. The van der Waals surface area contributed by atoms with Crippen molar-refractivity contribution < 1.29 is 0 Å². The molecule has 1 unspecified atom stereocenters. The Morgan fingerprint density at radius 3 is 3.00 bits per heavy atom. The fourth-order valence-corrected chi connectivity index (χ4v) is 3.31. The summed E-state index contributed by atoms with van der Waals surface area (Å²) < 4.78 is 0. The van der Waals surface area contributed by atoms with Gasteiger partial charge in [0.2, 0.25) is 0 Å². The van der Waals surface area contributed by atoms with Gasteiger partial charge in [-0.2, -0.15) is 0 Å². The number of hydrogen-bond acceptors (Lipinski definition) is 2. The van der Waals surface area contributed by atoms with Crippen LogP contribution in [0, 0.1) is 5.41 Å². The number of pyridine rings is 1. The molecule has 4 heteroatoms. The van der Waals surface area contributed by atoms with Gasteiger partial charge >= 0.3 is 0 Å². The second-order valence-corrected chi connectivity index (χ2v) is 6.31. The first kappa shape index (κ1) is 15.8. The van der Waals surface area contributed by atoms with E-state index in [1.165, 1.54) is 25.7 Å². The van der Waals surface area contributed by atoms with Crippen molar-refractivity contribution in [1.29, 1.82) is 0 Å². The van der Waals surface area contributed by atoms with Gasteiger partial charge in [0.25, 0.3) is 0 Å². The molecule has 0 aromatic carbocycles. The Morgan fingerprint density at radius 2 is 2.33 bits per heavy atom. The number of rotatable bonds is 4. The van der Waals surface area contributed by atoms with E-state index in [0.29, 0.717) is 5.41 Å². The lowest BCUT2D eigenvalue weighted by Crippen LogP contribution is -2.49. The molecule has 0 aliphatic carbocycles. The molecule has 1 aromatic heterocycles. The molecule has 0 saturated carbocycles. The summed E-state index contributed by atoms with van der Waals surface area (Å²) in [5, 5.41) is 3.45. The minimum Gasteiger partial charge on any atom is -0.351 e. The standard InChI is InChI=1S/C17H28N4/c1-4-9-17(2)10-7-12-21(14-17)16(18-3)20-13-15-8-5-6-11-19-15/h5-6,8,11H,4,7,9-10,12-14H2,1-3H3,(H,18,20). The Balaban J connectivity index is 1.94. The van der Waals surface area contributed by atoms with Crippen molar-refractivity contribution in [3.8, 4) is 0 Å². The quantitative estimate of drug-likeness (QED) is 0.684. The summed E-state index contributed by atoms with van der Waals surface area (Å²) in [6.07, 6.45) is 6.96. The molecular formula is C17H28N4. The van der Waals surface area contributed by atoms with Crippen LogP contribution in [0.4, 0.5) is 0 Å². The number of hydrogen-bond donors (Lipinski definition) is 1. The monoisotopic (exact) mass is 288 g/mol. The van der Waals surface area contributed by atoms with Crippen molar-refractivity contribution in [2.24, 2.45) is 10.4 Å². The van der Waals surface area contributed by atoms with E-state index in [4.69, 9.17) is 0 Å². The maximum atomic E-state index is 4.46. The number of nitrogens with zero attached hydrogens (tertiary/aromatic N) is 3. The highest BCUT2D eigenvalue weighted by Crippen LogP contribution is 2.33. The van der Waals surface area contributed by atoms with E-state index in [0.717, 1.165) is 31.3 Å². The molecule has 1 aliphatic rings. The molecular weight excluding hydrogens is 260 g/mol. The van der Waals surface area contributed by atoms with Crippen LogP contribution in [0.2, 0.25) is 0 Å². The van der Waals surface area contributed by atoms with Crippen LogP contribution in [0.3, 0.4) is 0 Å². The average molecular weight is 288 g/mol. The Bertz CT molecular complexity index is 453. The number of likely N-dealkylation sites (tertiary alicyclic amines) is 1. The Labute approximate surface area is 128 Å². The van der Waals surface area contributed by atoms with Crippen LogP contribution in [0.25, 0.3) is 0 Å². The van der Waals surface area contributed by atoms with Crippen LogP contribution in [0.5, 0.6) is 0 Å². The van der Waals surface area contributed by atoms with Gasteiger partial charge in [-0.15, -0.1) is 0 Å². The number of aromatic nitrogens is 1. The molecule has 2 heterocycles. The lowest BCUT2D eigenvalue weighted by molar-refractivity contribution is 0.142. The fourth-order valence-electron chi connectivity index (χ4n) is 3.31. The second kappa shape index (κ2) is 7.43. The van der Waals surface area contributed by atoms with E-state index in [1.807, 2.05) is 31.4 Å². The smallest absolute Gasteiger partial charge is 0.193 e. The average Bonchev–Trinajstić information content (AvgIpc) is 2.49. The van der Waals surface area contributed by atoms with E-state index in [2.05, 4.69) is 34.0 Å². The van der Waals surface area contributed by atoms with Crippen LogP contribution in [0.1, 0.15) is 45.2 Å². The summed E-state index contributed by atoms with van der Waals surface area (Å²) in [6, 6.07) is 6.00. The van der Waals surface area contributed by atoms with Gasteiger partial charge in [0, 0.05) is 26.3 Å². The highest BCUT2D eigenvalue weighted by molar-refractivity contribution is 5.80. The number of piperidine rings is 1. The van der Waals surface area contributed by atoms with Crippen molar-refractivity contribution >= 4 is 5.96 Å². The van der Waals surface area contributed by atoms with Gasteiger partial charge in [0.15, 0.2) is 5.96 Å². The van der Waals surface area contributed by atoms with Crippen molar-refractivity contribution in [3.05, 3.63) is 30.1 Å². The zero-order valence-electron chi connectivity index (χ0n) is 13.6. The molecule has 4 nitrogen and oxygen atoms in total. The van der Waals surface area contributed by atoms with Crippen molar-refractivity contribution in [3.63, 3.8) is 0 Å². The maximum Gasteiger partial charge on any atom is 0.193 e. The minimum atomic E-state index is 0.426. The van der Waals surface area contributed by atoms with Gasteiger partial charge in [-0.3, -0.25) is 9.98 Å². The lowest BCUT2D eigenvalue weighted by Gasteiger charge is -2.42. The molecule has 1 atom stereocenters. The van der Waals surface area contributed by atoms with Crippen LogP contribution < -0.4 is 5.32 Å². The van der Waals surface area contributed by atoms with E-state index < -0.39 is 0 Å². The third kappa shape index (κ3) is 4.45. The first-order valence-electron chi connectivity index (χ1n) is 8.02. The summed E-state index contributed by atoms with van der Waals surface area (Å²) in [7, 11) is 1.87. The third-order valence-corrected chi connectivity index (χ3v) is 4.30. The van der Waals surface area contributed by atoms with Crippen molar-refractivity contribution in [2.75, 3.05) is 20.1 Å². The second-order valence-electron chi connectivity index (χ2n) is 6.31. The van der Waals surface area contributed by atoms with Gasteiger partial charge < -0.3 is 10.2 Å². The topological polar surface area (TPSA) is 40.5 Å². The van der Waals surface area contributed by atoms with Gasteiger partial charge in [0.05, 0.1) is 12.2 Å². The molecule has 1 saturated heterocycles. The predicted molar refractivity (Wildman–Crippen MR) is 88.3 cm³/mol. The number of nitrogens with one attached hydrogen (secondary N) is 1. The van der Waals surface area contributed by atoms with Crippen LogP contribution in [-0.4, -0.2) is 36.0 Å². The molecule has 116 valence electrons. The summed E-state index contributed by atoms with van der Waals surface area (Å²) in [5.41, 5.74) is 1.47.